The first-order valence-corrected chi connectivity index (χ1v) is 6.97. The van der Waals surface area contributed by atoms with Crippen molar-refractivity contribution < 1.29 is 9.72 Å². The summed E-state index contributed by atoms with van der Waals surface area (Å²) in [6.45, 7) is 1.92. The average Bonchev–Trinajstić information content (AvgIpc) is 2.34. The van der Waals surface area contributed by atoms with Crippen LogP contribution in [0.1, 0.15) is 29.3 Å². The molecule has 0 aliphatic carbocycles. The molecular formula is C12H17N3O3S. The van der Waals surface area contributed by atoms with E-state index in [4.69, 9.17) is 11.5 Å². The second kappa shape index (κ2) is 7.10. The SMILES string of the molecule is CC(N)CCSCc1ccc(C(N)=O)cc1[N+](=O)[O-]. The van der Waals surface area contributed by atoms with E-state index in [2.05, 4.69) is 0 Å². The van der Waals surface area contributed by atoms with Crippen molar-refractivity contribution in [3.63, 3.8) is 0 Å². The number of thioether (sulfide) groups is 1. The number of nitro benzene ring substituents is 1. The molecule has 1 amide bonds. The smallest absolute Gasteiger partial charge is 0.274 e. The van der Waals surface area contributed by atoms with Crippen molar-refractivity contribution in [1.82, 2.24) is 0 Å². The molecule has 0 bridgehead atoms. The molecule has 1 unspecified atom stereocenters. The lowest BCUT2D eigenvalue weighted by atomic mass is 10.1. The summed E-state index contributed by atoms with van der Waals surface area (Å²) in [4.78, 5) is 21.5. The molecule has 0 aromatic heterocycles. The Morgan fingerprint density at radius 2 is 2.21 bits per heavy atom. The predicted molar refractivity (Wildman–Crippen MR) is 76.0 cm³/mol. The van der Waals surface area contributed by atoms with Crippen molar-refractivity contribution in [2.45, 2.75) is 25.1 Å². The Morgan fingerprint density at radius 1 is 1.53 bits per heavy atom. The van der Waals surface area contributed by atoms with Crippen LogP contribution in [0.2, 0.25) is 0 Å². The van der Waals surface area contributed by atoms with E-state index >= 15 is 0 Å². The van der Waals surface area contributed by atoms with Crippen LogP contribution in [-0.2, 0) is 5.75 Å². The number of benzene rings is 1. The standard InChI is InChI=1S/C12H17N3O3S/c1-8(13)4-5-19-7-10-3-2-9(12(14)16)6-11(10)15(17)18/h2-3,6,8H,4-5,7,13H2,1H3,(H2,14,16). The zero-order valence-electron chi connectivity index (χ0n) is 10.7. The van der Waals surface area contributed by atoms with E-state index in [0.29, 0.717) is 11.3 Å². The maximum absolute atomic E-state index is 11.0. The summed E-state index contributed by atoms with van der Waals surface area (Å²) >= 11 is 1.58. The monoisotopic (exact) mass is 283 g/mol. The topological polar surface area (TPSA) is 112 Å². The van der Waals surface area contributed by atoms with Gasteiger partial charge in [-0.25, -0.2) is 0 Å². The van der Waals surface area contributed by atoms with E-state index in [1.807, 2.05) is 6.92 Å². The Hall–Kier alpha value is -1.60. The van der Waals surface area contributed by atoms with E-state index in [-0.39, 0.29) is 17.3 Å². The highest BCUT2D eigenvalue weighted by molar-refractivity contribution is 7.98. The third-order valence-corrected chi connectivity index (χ3v) is 3.58. The van der Waals surface area contributed by atoms with Gasteiger partial charge >= 0.3 is 0 Å². The third-order valence-electron chi connectivity index (χ3n) is 2.54. The summed E-state index contributed by atoms with van der Waals surface area (Å²) in [7, 11) is 0. The number of hydrogen-bond acceptors (Lipinski definition) is 5. The number of nitro groups is 1. The Bertz CT molecular complexity index is 477. The highest BCUT2D eigenvalue weighted by Gasteiger charge is 2.16. The van der Waals surface area contributed by atoms with Crippen molar-refractivity contribution >= 4 is 23.4 Å². The average molecular weight is 283 g/mol. The van der Waals surface area contributed by atoms with Crippen LogP contribution in [0.3, 0.4) is 0 Å². The Morgan fingerprint density at radius 3 is 2.74 bits per heavy atom. The van der Waals surface area contributed by atoms with Gasteiger partial charge in [0.25, 0.3) is 5.69 Å². The minimum Gasteiger partial charge on any atom is -0.366 e. The summed E-state index contributed by atoms with van der Waals surface area (Å²) in [6, 6.07) is 4.44. The Labute approximate surface area is 115 Å². The molecule has 4 N–H and O–H groups in total. The van der Waals surface area contributed by atoms with Gasteiger partial charge in [-0.2, -0.15) is 11.8 Å². The Balaban J connectivity index is 2.77. The van der Waals surface area contributed by atoms with Crippen LogP contribution < -0.4 is 11.5 Å². The summed E-state index contributed by atoms with van der Waals surface area (Å²) in [5.74, 6) is 0.688. The maximum atomic E-state index is 11.0. The van der Waals surface area contributed by atoms with Gasteiger partial charge in [0, 0.05) is 29.0 Å². The molecule has 1 aromatic rings. The van der Waals surface area contributed by atoms with Gasteiger partial charge in [-0.15, -0.1) is 0 Å². The van der Waals surface area contributed by atoms with E-state index in [1.54, 1.807) is 17.8 Å². The number of carbonyl (C=O) groups excluding carboxylic acids is 1. The van der Waals surface area contributed by atoms with Gasteiger partial charge in [0.2, 0.25) is 5.91 Å². The number of carbonyl (C=O) groups is 1. The van der Waals surface area contributed by atoms with Gasteiger partial charge in [-0.05, 0) is 25.2 Å². The molecule has 104 valence electrons. The number of nitrogens with zero attached hydrogens (tertiary/aromatic N) is 1. The van der Waals surface area contributed by atoms with E-state index in [0.717, 1.165) is 12.2 Å². The first kappa shape index (κ1) is 15.5. The molecule has 0 saturated carbocycles. The normalized spacial score (nSPS) is 12.1. The van der Waals surface area contributed by atoms with Crippen LogP contribution >= 0.6 is 11.8 Å². The zero-order chi connectivity index (χ0) is 14.4. The molecule has 7 heteroatoms. The number of hydrogen-bond donors (Lipinski definition) is 2. The largest absolute Gasteiger partial charge is 0.366 e. The Kier molecular flexibility index (Phi) is 5.78. The van der Waals surface area contributed by atoms with E-state index < -0.39 is 10.8 Å². The molecule has 0 aliphatic heterocycles. The molecule has 0 heterocycles. The van der Waals surface area contributed by atoms with Crippen molar-refractivity contribution in [2.75, 3.05) is 5.75 Å². The van der Waals surface area contributed by atoms with Gasteiger partial charge in [-0.1, -0.05) is 6.07 Å². The second-order valence-corrected chi connectivity index (χ2v) is 5.39. The first-order chi connectivity index (χ1) is 8.91. The molecule has 19 heavy (non-hydrogen) atoms. The van der Waals surface area contributed by atoms with Crippen LogP contribution in [0.15, 0.2) is 18.2 Å². The molecular weight excluding hydrogens is 266 g/mol. The fraction of sp³-hybridized carbons (Fsp3) is 0.417. The van der Waals surface area contributed by atoms with E-state index in [1.165, 1.54) is 12.1 Å². The summed E-state index contributed by atoms with van der Waals surface area (Å²) in [6.07, 6.45) is 0.859. The lowest BCUT2D eigenvalue weighted by Crippen LogP contribution is -2.15. The van der Waals surface area contributed by atoms with Crippen LogP contribution in [0.25, 0.3) is 0 Å². The van der Waals surface area contributed by atoms with Crippen LogP contribution in [-0.4, -0.2) is 22.6 Å². The molecule has 1 atom stereocenters. The van der Waals surface area contributed by atoms with Crippen molar-refractivity contribution in [2.24, 2.45) is 11.5 Å². The number of rotatable bonds is 7. The lowest BCUT2D eigenvalue weighted by molar-refractivity contribution is -0.385. The van der Waals surface area contributed by atoms with Crippen LogP contribution in [0.4, 0.5) is 5.69 Å². The van der Waals surface area contributed by atoms with Gasteiger partial charge in [0.1, 0.15) is 0 Å². The fourth-order valence-electron chi connectivity index (χ4n) is 1.46. The van der Waals surface area contributed by atoms with Crippen molar-refractivity contribution in [3.8, 4) is 0 Å². The van der Waals surface area contributed by atoms with E-state index in [9.17, 15) is 14.9 Å². The highest BCUT2D eigenvalue weighted by atomic mass is 32.2. The molecule has 0 spiro atoms. The molecule has 0 aliphatic rings. The fourth-order valence-corrected chi connectivity index (χ4v) is 2.61. The molecule has 1 aromatic carbocycles. The quantitative estimate of drug-likeness (QED) is 0.449. The molecule has 0 radical (unpaired) electrons. The van der Waals surface area contributed by atoms with Gasteiger partial charge in [0.15, 0.2) is 0 Å². The minimum absolute atomic E-state index is 0.0652. The second-order valence-electron chi connectivity index (χ2n) is 4.28. The molecule has 0 saturated heterocycles. The summed E-state index contributed by atoms with van der Waals surface area (Å²) < 4.78 is 0. The van der Waals surface area contributed by atoms with Crippen LogP contribution in [0.5, 0.6) is 0 Å². The van der Waals surface area contributed by atoms with Gasteiger partial charge < -0.3 is 11.5 Å². The first-order valence-electron chi connectivity index (χ1n) is 5.82. The molecule has 1 rings (SSSR count). The number of primary amides is 1. The molecule has 6 nitrogen and oxygen atoms in total. The minimum atomic E-state index is -0.667. The van der Waals surface area contributed by atoms with Crippen molar-refractivity contribution in [3.05, 3.63) is 39.4 Å². The van der Waals surface area contributed by atoms with Crippen molar-refractivity contribution in [1.29, 1.82) is 0 Å². The number of nitrogens with two attached hydrogens (primary N) is 2. The molecule has 0 fully saturated rings. The predicted octanol–water partition coefficient (Wildman–Crippen LogP) is 1.66. The van der Waals surface area contributed by atoms with Crippen LogP contribution in [0, 0.1) is 10.1 Å². The van der Waals surface area contributed by atoms with Gasteiger partial charge in [-0.3, -0.25) is 14.9 Å². The summed E-state index contributed by atoms with van der Waals surface area (Å²) in [5.41, 5.74) is 11.4. The third kappa shape index (κ3) is 4.88. The zero-order valence-corrected chi connectivity index (χ0v) is 11.5. The van der Waals surface area contributed by atoms with Gasteiger partial charge in [0.05, 0.1) is 4.92 Å². The lowest BCUT2D eigenvalue weighted by Gasteiger charge is -2.06. The summed E-state index contributed by atoms with van der Waals surface area (Å²) in [5, 5.41) is 11.0. The highest BCUT2D eigenvalue weighted by Crippen LogP contribution is 2.25. The maximum Gasteiger partial charge on any atom is 0.274 e. The number of amides is 1.